The zero-order valence-electron chi connectivity index (χ0n) is 7.95. The number of allylic oxidation sites excluding steroid dienone is 1. The van der Waals surface area contributed by atoms with E-state index in [9.17, 15) is 9.59 Å². The van der Waals surface area contributed by atoms with E-state index in [-0.39, 0.29) is 0 Å². The fourth-order valence-electron chi connectivity index (χ4n) is 1.00. The SMILES string of the molecule is NCC/C=C/CC[Si](O)(O)CCN. The summed E-state index contributed by atoms with van der Waals surface area (Å²) in [5, 5.41) is 0. The Morgan fingerprint density at radius 2 is 1.54 bits per heavy atom. The van der Waals surface area contributed by atoms with Crippen molar-refractivity contribution in [2.75, 3.05) is 13.1 Å². The Bertz CT molecular complexity index is 151. The third-order valence-corrected chi connectivity index (χ3v) is 3.93. The molecule has 0 amide bonds. The Morgan fingerprint density at radius 3 is 2.08 bits per heavy atom. The maximum Gasteiger partial charge on any atom is 0.334 e. The fourth-order valence-corrected chi connectivity index (χ4v) is 2.34. The van der Waals surface area contributed by atoms with Gasteiger partial charge in [0.15, 0.2) is 0 Å². The van der Waals surface area contributed by atoms with Crippen molar-refractivity contribution < 1.29 is 9.59 Å². The van der Waals surface area contributed by atoms with Gasteiger partial charge in [0.1, 0.15) is 0 Å². The highest BCUT2D eigenvalue weighted by Crippen LogP contribution is 2.10. The lowest BCUT2D eigenvalue weighted by molar-refractivity contribution is 0.358. The molecule has 0 radical (unpaired) electrons. The summed E-state index contributed by atoms with van der Waals surface area (Å²) in [6, 6.07) is 0.822. The van der Waals surface area contributed by atoms with Gasteiger partial charge in [0.05, 0.1) is 0 Å². The van der Waals surface area contributed by atoms with Crippen LogP contribution in [0.3, 0.4) is 0 Å². The van der Waals surface area contributed by atoms with Gasteiger partial charge in [0.25, 0.3) is 0 Å². The van der Waals surface area contributed by atoms with Gasteiger partial charge in [-0.3, -0.25) is 0 Å². The molecule has 0 aliphatic carbocycles. The zero-order chi connectivity index (χ0) is 10.2. The minimum atomic E-state index is -2.97. The van der Waals surface area contributed by atoms with Crippen LogP contribution in [0.15, 0.2) is 12.2 Å². The molecular weight excluding hydrogens is 184 g/mol. The molecule has 0 aromatic rings. The van der Waals surface area contributed by atoms with E-state index in [0.29, 0.717) is 31.6 Å². The molecule has 6 N–H and O–H groups in total. The average molecular weight is 204 g/mol. The number of hydrogen-bond acceptors (Lipinski definition) is 4. The van der Waals surface area contributed by atoms with Gasteiger partial charge in [-0.1, -0.05) is 12.2 Å². The Labute approximate surface area is 80.5 Å². The lowest BCUT2D eigenvalue weighted by atomic mass is 10.3. The fraction of sp³-hybridized carbons (Fsp3) is 0.750. The number of nitrogens with two attached hydrogens (primary N) is 2. The molecule has 0 aliphatic heterocycles. The third-order valence-electron chi connectivity index (χ3n) is 1.76. The molecule has 13 heavy (non-hydrogen) atoms. The lowest BCUT2D eigenvalue weighted by Gasteiger charge is -2.15. The minimum absolute atomic E-state index is 0.353. The molecule has 0 atom stereocenters. The maximum absolute atomic E-state index is 9.43. The molecule has 0 spiro atoms. The largest absolute Gasteiger partial charge is 0.411 e. The van der Waals surface area contributed by atoms with Crippen molar-refractivity contribution in [3.8, 4) is 0 Å². The molecule has 0 saturated heterocycles. The molecule has 0 aromatic carbocycles. The molecular formula is C8H20N2O2Si. The second-order valence-electron chi connectivity index (χ2n) is 3.11. The molecule has 5 heteroatoms. The van der Waals surface area contributed by atoms with Gasteiger partial charge < -0.3 is 21.1 Å². The summed E-state index contributed by atoms with van der Waals surface area (Å²) in [4.78, 5) is 18.9. The smallest absolute Gasteiger partial charge is 0.334 e. The molecule has 0 fully saturated rings. The van der Waals surface area contributed by atoms with Crippen LogP contribution in [0.1, 0.15) is 12.8 Å². The quantitative estimate of drug-likeness (QED) is 0.337. The summed E-state index contributed by atoms with van der Waals surface area (Å²) in [6.45, 7) is 0.992. The molecule has 4 nitrogen and oxygen atoms in total. The van der Waals surface area contributed by atoms with Crippen molar-refractivity contribution in [1.29, 1.82) is 0 Å². The predicted molar refractivity (Wildman–Crippen MR) is 56.3 cm³/mol. The minimum Gasteiger partial charge on any atom is -0.411 e. The Morgan fingerprint density at radius 1 is 0.923 bits per heavy atom. The van der Waals surface area contributed by atoms with Gasteiger partial charge in [0.2, 0.25) is 0 Å². The van der Waals surface area contributed by atoms with Crippen LogP contribution in [0.4, 0.5) is 0 Å². The second kappa shape index (κ2) is 7.22. The van der Waals surface area contributed by atoms with Gasteiger partial charge in [-0.2, -0.15) is 0 Å². The predicted octanol–water partition coefficient (Wildman–Crippen LogP) is -0.333. The van der Waals surface area contributed by atoms with Gasteiger partial charge in [-0.15, -0.1) is 0 Å². The van der Waals surface area contributed by atoms with E-state index >= 15 is 0 Å². The molecule has 0 unspecified atom stereocenters. The van der Waals surface area contributed by atoms with Crippen molar-refractivity contribution in [2.45, 2.75) is 24.9 Å². The van der Waals surface area contributed by atoms with E-state index in [2.05, 4.69) is 0 Å². The summed E-state index contributed by atoms with van der Waals surface area (Å²) in [5.74, 6) is 0. The highest BCUT2D eigenvalue weighted by atomic mass is 28.4. The normalized spacial score (nSPS) is 12.6. The number of rotatable bonds is 7. The molecule has 0 aliphatic rings. The van der Waals surface area contributed by atoms with E-state index < -0.39 is 8.56 Å². The zero-order valence-corrected chi connectivity index (χ0v) is 8.95. The Hall–Kier alpha value is -0.203. The Kier molecular flexibility index (Phi) is 7.11. The highest BCUT2D eigenvalue weighted by molar-refractivity contribution is 6.64. The van der Waals surface area contributed by atoms with E-state index in [1.807, 2.05) is 12.2 Å². The summed E-state index contributed by atoms with van der Waals surface area (Å²) in [7, 11) is -2.97. The summed E-state index contributed by atoms with van der Waals surface area (Å²) < 4.78 is 0. The first-order chi connectivity index (χ1) is 6.12. The highest BCUT2D eigenvalue weighted by Gasteiger charge is 2.26. The molecule has 78 valence electrons. The van der Waals surface area contributed by atoms with Crippen LogP contribution < -0.4 is 11.5 Å². The van der Waals surface area contributed by atoms with Crippen molar-refractivity contribution in [3.63, 3.8) is 0 Å². The van der Waals surface area contributed by atoms with Crippen molar-refractivity contribution in [3.05, 3.63) is 12.2 Å². The monoisotopic (exact) mass is 204 g/mol. The molecule has 0 rings (SSSR count). The first-order valence-electron chi connectivity index (χ1n) is 4.62. The summed E-state index contributed by atoms with van der Waals surface area (Å²) in [6.07, 6.45) is 5.46. The third kappa shape index (κ3) is 8.14. The van der Waals surface area contributed by atoms with Gasteiger partial charge in [0, 0.05) is 6.04 Å². The van der Waals surface area contributed by atoms with Gasteiger partial charge >= 0.3 is 8.56 Å². The molecule has 0 bridgehead atoms. The first kappa shape index (κ1) is 12.8. The molecule has 0 aromatic heterocycles. The molecule has 0 saturated carbocycles. The topological polar surface area (TPSA) is 92.5 Å². The first-order valence-corrected chi connectivity index (χ1v) is 6.93. The summed E-state index contributed by atoms with van der Waals surface area (Å²) in [5.41, 5.74) is 10.5. The van der Waals surface area contributed by atoms with Crippen LogP contribution >= 0.6 is 0 Å². The summed E-state index contributed by atoms with van der Waals surface area (Å²) >= 11 is 0. The van der Waals surface area contributed by atoms with Gasteiger partial charge in [-0.05, 0) is 32.0 Å². The van der Waals surface area contributed by atoms with E-state index in [4.69, 9.17) is 11.5 Å². The number of hydrogen-bond donors (Lipinski definition) is 4. The van der Waals surface area contributed by atoms with Crippen molar-refractivity contribution in [1.82, 2.24) is 0 Å². The second-order valence-corrected chi connectivity index (χ2v) is 6.07. The Balaban J connectivity index is 3.50. The lowest BCUT2D eigenvalue weighted by Crippen LogP contribution is -2.36. The van der Waals surface area contributed by atoms with Crippen LogP contribution in [0.25, 0.3) is 0 Å². The van der Waals surface area contributed by atoms with Crippen LogP contribution in [0, 0.1) is 0 Å². The molecule has 0 heterocycles. The van der Waals surface area contributed by atoms with E-state index in [1.165, 1.54) is 0 Å². The van der Waals surface area contributed by atoms with Crippen LogP contribution in [-0.4, -0.2) is 31.2 Å². The average Bonchev–Trinajstić information content (AvgIpc) is 2.04. The van der Waals surface area contributed by atoms with E-state index in [0.717, 1.165) is 6.42 Å². The van der Waals surface area contributed by atoms with Gasteiger partial charge in [-0.25, -0.2) is 0 Å². The maximum atomic E-state index is 9.43. The standard InChI is InChI=1S/C8H20N2O2Si/c9-5-3-1-2-4-7-13(11,12)8-6-10/h1-2,11-12H,3-10H2/b2-1+. The van der Waals surface area contributed by atoms with E-state index in [1.54, 1.807) is 0 Å². The van der Waals surface area contributed by atoms with Crippen molar-refractivity contribution >= 4 is 8.56 Å². The van der Waals surface area contributed by atoms with Crippen molar-refractivity contribution in [2.24, 2.45) is 11.5 Å². The van der Waals surface area contributed by atoms with Crippen LogP contribution in [0.5, 0.6) is 0 Å². The van der Waals surface area contributed by atoms with Crippen LogP contribution in [0.2, 0.25) is 12.1 Å². The van der Waals surface area contributed by atoms with Crippen LogP contribution in [-0.2, 0) is 0 Å².